The van der Waals surface area contributed by atoms with Gasteiger partial charge in [0.1, 0.15) is 14.1 Å². The van der Waals surface area contributed by atoms with Crippen molar-refractivity contribution in [3.8, 4) is 11.5 Å². The molecule has 0 spiro atoms. The zero-order chi connectivity index (χ0) is 26.5. The van der Waals surface area contributed by atoms with Gasteiger partial charge in [-0.1, -0.05) is 64.5 Å². The smallest absolute Gasteiger partial charge is 0.407 e. The van der Waals surface area contributed by atoms with Crippen molar-refractivity contribution in [1.82, 2.24) is 15.5 Å². The van der Waals surface area contributed by atoms with Crippen molar-refractivity contribution < 1.29 is 14.3 Å². The maximum atomic E-state index is 13.6. The van der Waals surface area contributed by atoms with Crippen LogP contribution in [0.2, 0.25) is 19.6 Å². The van der Waals surface area contributed by atoms with Gasteiger partial charge in [0, 0.05) is 23.5 Å². The number of likely N-dealkylation sites (tertiary alicyclic amines) is 1. The average Bonchev–Trinajstić information content (AvgIpc) is 3.34. The first-order chi connectivity index (χ1) is 17.0. The van der Waals surface area contributed by atoms with E-state index in [0.29, 0.717) is 6.54 Å². The van der Waals surface area contributed by atoms with Crippen LogP contribution in [0.25, 0.3) is 5.70 Å². The molecule has 0 radical (unpaired) electrons. The van der Waals surface area contributed by atoms with Crippen LogP contribution in [0.3, 0.4) is 0 Å². The third-order valence-electron chi connectivity index (χ3n) is 6.67. The molecule has 1 saturated heterocycles. The third kappa shape index (κ3) is 6.82. The van der Waals surface area contributed by atoms with Crippen molar-refractivity contribution in [2.75, 3.05) is 13.7 Å². The summed E-state index contributed by atoms with van der Waals surface area (Å²) in [6.07, 6.45) is 5.28. The zero-order valence-electron chi connectivity index (χ0n) is 22.8. The minimum atomic E-state index is -1.42. The number of hydrogen-bond acceptors (Lipinski definition) is 4. The number of nitrogens with zero attached hydrogens (tertiary/aromatic N) is 1. The van der Waals surface area contributed by atoms with Gasteiger partial charge in [-0.2, -0.15) is 0 Å². The summed E-state index contributed by atoms with van der Waals surface area (Å²) in [6, 6.07) is 7.76. The van der Waals surface area contributed by atoms with Crippen LogP contribution in [-0.4, -0.2) is 50.7 Å². The molecule has 3 rings (SSSR count). The van der Waals surface area contributed by atoms with Gasteiger partial charge in [-0.3, -0.25) is 4.79 Å². The molecule has 0 aliphatic carbocycles. The lowest BCUT2D eigenvalue weighted by atomic mass is 9.94. The van der Waals surface area contributed by atoms with Crippen LogP contribution in [0, 0.1) is 17.4 Å². The number of amides is 2. The molecule has 0 saturated carbocycles. The molecule has 2 unspecified atom stereocenters. The summed E-state index contributed by atoms with van der Waals surface area (Å²) >= 11 is 0. The molecule has 6 nitrogen and oxygen atoms in total. The molecular formula is C29H41N3O3Si. The number of allylic oxidation sites excluding steroid dienone is 2. The lowest BCUT2D eigenvalue weighted by molar-refractivity contribution is -0.134. The van der Waals surface area contributed by atoms with Crippen molar-refractivity contribution in [2.45, 2.75) is 78.2 Å². The highest BCUT2D eigenvalue weighted by molar-refractivity contribution is 6.83. The van der Waals surface area contributed by atoms with E-state index in [1.165, 1.54) is 12.7 Å². The van der Waals surface area contributed by atoms with Crippen molar-refractivity contribution in [3.63, 3.8) is 0 Å². The quantitative estimate of drug-likeness (QED) is 0.406. The Hall–Kier alpha value is -2.98. The number of ether oxygens (including phenoxy) is 1. The Morgan fingerprint density at radius 1 is 1.22 bits per heavy atom. The van der Waals surface area contributed by atoms with Gasteiger partial charge in [-0.25, -0.2) is 4.79 Å². The molecule has 2 amide bonds. The summed E-state index contributed by atoms with van der Waals surface area (Å²) in [5, 5.41) is 6.44. The predicted molar refractivity (Wildman–Crippen MR) is 149 cm³/mol. The monoisotopic (exact) mass is 507 g/mol. The molecule has 0 aromatic heterocycles. The Balaban J connectivity index is 1.81. The number of dihydropyridines is 1. The van der Waals surface area contributed by atoms with Gasteiger partial charge < -0.3 is 20.3 Å². The van der Waals surface area contributed by atoms with Gasteiger partial charge >= 0.3 is 6.09 Å². The minimum absolute atomic E-state index is 0.0290. The van der Waals surface area contributed by atoms with Crippen LogP contribution in [0.4, 0.5) is 4.79 Å². The molecule has 2 atom stereocenters. The first-order valence-corrected chi connectivity index (χ1v) is 16.5. The Labute approximate surface area is 217 Å². The van der Waals surface area contributed by atoms with E-state index in [4.69, 9.17) is 4.74 Å². The van der Waals surface area contributed by atoms with Crippen molar-refractivity contribution in [3.05, 3.63) is 52.7 Å². The number of nitrogens with one attached hydrogen (secondary N) is 2. The number of carbonyl (C=O) groups excluding carboxylic acids is 2. The average molecular weight is 508 g/mol. The largest absolute Gasteiger partial charge is 0.453 e. The van der Waals surface area contributed by atoms with Crippen molar-refractivity contribution in [1.29, 1.82) is 0 Å². The first-order valence-electron chi connectivity index (χ1n) is 13.0. The van der Waals surface area contributed by atoms with E-state index in [0.717, 1.165) is 48.2 Å². The summed E-state index contributed by atoms with van der Waals surface area (Å²) in [7, 11) is -0.0992. The zero-order valence-corrected chi connectivity index (χ0v) is 23.8. The van der Waals surface area contributed by atoms with Crippen LogP contribution in [-0.2, 0) is 9.53 Å². The maximum absolute atomic E-state index is 13.6. The van der Waals surface area contributed by atoms with E-state index < -0.39 is 20.2 Å². The molecular weight excluding hydrogens is 466 g/mol. The Morgan fingerprint density at radius 3 is 2.50 bits per heavy atom. The summed E-state index contributed by atoms with van der Waals surface area (Å²) in [5.74, 6) is 3.22. The van der Waals surface area contributed by atoms with E-state index in [-0.39, 0.29) is 17.9 Å². The fraction of sp³-hybridized carbons (Fsp3) is 0.517. The van der Waals surface area contributed by atoms with Gasteiger partial charge in [0.05, 0.1) is 13.2 Å². The number of benzene rings is 1. The molecule has 2 aliphatic heterocycles. The molecule has 2 aliphatic rings. The Morgan fingerprint density at radius 2 is 1.92 bits per heavy atom. The second kappa shape index (κ2) is 11.8. The second-order valence-electron chi connectivity index (χ2n) is 10.9. The van der Waals surface area contributed by atoms with E-state index in [1.807, 2.05) is 18.7 Å². The highest BCUT2D eigenvalue weighted by Crippen LogP contribution is 2.33. The molecule has 36 heavy (non-hydrogen) atoms. The maximum Gasteiger partial charge on any atom is 0.407 e. The highest BCUT2D eigenvalue weighted by Gasteiger charge is 2.38. The van der Waals surface area contributed by atoms with Gasteiger partial charge in [0.25, 0.3) is 0 Å². The summed E-state index contributed by atoms with van der Waals surface area (Å²) in [4.78, 5) is 27.4. The van der Waals surface area contributed by atoms with Crippen LogP contribution in [0.1, 0.15) is 57.6 Å². The molecule has 0 bridgehead atoms. The third-order valence-corrected chi connectivity index (χ3v) is 7.54. The van der Waals surface area contributed by atoms with Gasteiger partial charge in [-0.05, 0) is 54.9 Å². The number of hydrogen-bond donors (Lipinski definition) is 2. The fourth-order valence-electron chi connectivity index (χ4n) is 4.66. The van der Waals surface area contributed by atoms with Crippen LogP contribution in [0.5, 0.6) is 0 Å². The summed E-state index contributed by atoms with van der Waals surface area (Å²) in [5.41, 5.74) is 9.09. The lowest BCUT2D eigenvalue weighted by Crippen LogP contribution is -2.53. The van der Waals surface area contributed by atoms with Gasteiger partial charge in [0.2, 0.25) is 5.91 Å². The van der Waals surface area contributed by atoms with E-state index in [2.05, 4.69) is 79.0 Å². The molecule has 2 N–H and O–H groups in total. The lowest BCUT2D eigenvalue weighted by Gasteiger charge is -2.35. The van der Waals surface area contributed by atoms with Crippen molar-refractivity contribution >= 4 is 25.8 Å². The predicted octanol–water partition coefficient (Wildman–Crippen LogP) is 5.29. The molecule has 1 aromatic carbocycles. The molecule has 1 fully saturated rings. The summed E-state index contributed by atoms with van der Waals surface area (Å²) in [6.45, 7) is 13.5. The van der Waals surface area contributed by atoms with Gasteiger partial charge in [-0.15, -0.1) is 5.54 Å². The normalized spacial score (nSPS) is 18.7. The van der Waals surface area contributed by atoms with Crippen LogP contribution < -0.4 is 10.6 Å². The standard InChI is InChI=1S/C29H41N3O3Si/c1-8-22-15-16-24(23-13-11-21(12-14-23)17-19-36(5,6)7)30-27(22)25-10-9-18-32(25)28(33)26(20(2)3)31-29(34)35-4/h11-14,16,20,25-26,30H,8-10,15,18H2,1-7H3,(H,31,34). The number of carbonyl (C=O) groups is 2. The fourth-order valence-corrected chi connectivity index (χ4v) is 5.18. The first kappa shape index (κ1) is 27.6. The topological polar surface area (TPSA) is 70.7 Å². The van der Waals surface area contributed by atoms with E-state index in [9.17, 15) is 9.59 Å². The number of alkyl carbamates (subject to hydrolysis) is 1. The molecule has 194 valence electrons. The SMILES string of the molecule is CCC1=C(C2CCCN2C(=O)C(NC(=O)OC)C(C)C)NC(c2ccc(C#C[Si](C)(C)C)cc2)=CC1. The Kier molecular flexibility index (Phi) is 9.07. The molecule has 1 aromatic rings. The minimum Gasteiger partial charge on any atom is -0.453 e. The second-order valence-corrected chi connectivity index (χ2v) is 15.7. The molecule has 2 heterocycles. The number of methoxy groups -OCH3 is 1. The number of rotatable bonds is 6. The molecule has 7 heteroatoms. The van der Waals surface area contributed by atoms with Gasteiger partial charge in [0.15, 0.2) is 0 Å². The van der Waals surface area contributed by atoms with Crippen LogP contribution in [0.15, 0.2) is 41.6 Å². The Bertz CT molecular complexity index is 1090. The summed E-state index contributed by atoms with van der Waals surface area (Å²) < 4.78 is 4.77. The van der Waals surface area contributed by atoms with E-state index in [1.54, 1.807) is 0 Å². The van der Waals surface area contributed by atoms with Crippen LogP contribution >= 0.6 is 0 Å². The van der Waals surface area contributed by atoms with Crippen molar-refractivity contribution in [2.24, 2.45) is 5.92 Å². The van der Waals surface area contributed by atoms with E-state index >= 15 is 0 Å². The highest BCUT2D eigenvalue weighted by atomic mass is 28.3.